The van der Waals surface area contributed by atoms with Crippen molar-refractivity contribution in [1.82, 2.24) is 5.32 Å². The molecule has 3 N–H and O–H groups in total. The molecule has 0 rings (SSSR count). The first-order valence-corrected chi connectivity index (χ1v) is 30.6. The molecule has 0 aromatic heterocycles. The monoisotopic (exact) mass is 958 g/mol. The van der Waals surface area contributed by atoms with Crippen molar-refractivity contribution in [2.24, 2.45) is 0 Å². The minimum Gasteiger partial charge on any atom is -0.466 e. The second-order valence-corrected chi connectivity index (χ2v) is 21.0. The number of hydrogen-bond acceptors (Lipinski definition) is 5. The molecule has 6 heteroatoms. The number of aliphatic hydroxyl groups excluding tert-OH is 2. The first-order chi connectivity index (χ1) is 33.5. The van der Waals surface area contributed by atoms with Gasteiger partial charge in [0, 0.05) is 12.8 Å². The first-order valence-electron chi connectivity index (χ1n) is 30.6. The quantitative estimate of drug-likeness (QED) is 0.0321. The van der Waals surface area contributed by atoms with Crippen molar-refractivity contribution in [2.45, 2.75) is 347 Å². The van der Waals surface area contributed by atoms with Gasteiger partial charge in [0.1, 0.15) is 0 Å². The van der Waals surface area contributed by atoms with E-state index in [2.05, 4.69) is 31.3 Å². The molecule has 402 valence electrons. The Morgan fingerprint density at radius 2 is 0.691 bits per heavy atom. The molecule has 0 fully saturated rings. The standard InChI is InChI=1S/C62H119NO5/c1-3-5-7-9-11-13-14-15-16-17-27-30-33-36-40-44-48-52-56-62(67)68-57-53-49-45-41-37-34-31-28-25-23-21-19-18-20-22-24-26-29-32-35-39-43-47-51-55-61(66)63-59(58-64)60(65)54-50-46-42-38-12-10-8-6-4-2/h16-17,50,54,59-60,64-65H,3-15,18-49,51-53,55-58H2,1-2H3,(H,63,66)/b17-16-,54-50+. The van der Waals surface area contributed by atoms with Crippen LogP contribution in [0.15, 0.2) is 24.3 Å². The Morgan fingerprint density at radius 1 is 0.397 bits per heavy atom. The molecule has 0 aliphatic heterocycles. The molecular weight excluding hydrogens is 839 g/mol. The average molecular weight is 959 g/mol. The van der Waals surface area contributed by atoms with Crippen LogP contribution >= 0.6 is 0 Å². The minimum atomic E-state index is -0.841. The van der Waals surface area contributed by atoms with Crippen LogP contribution in [0.3, 0.4) is 0 Å². The molecule has 0 bridgehead atoms. The lowest BCUT2D eigenvalue weighted by Crippen LogP contribution is -2.45. The molecule has 2 unspecified atom stereocenters. The van der Waals surface area contributed by atoms with Crippen LogP contribution in [0.2, 0.25) is 0 Å². The highest BCUT2D eigenvalue weighted by molar-refractivity contribution is 5.76. The van der Waals surface area contributed by atoms with Gasteiger partial charge in [-0.1, -0.05) is 289 Å². The van der Waals surface area contributed by atoms with Gasteiger partial charge in [-0.2, -0.15) is 0 Å². The molecule has 68 heavy (non-hydrogen) atoms. The van der Waals surface area contributed by atoms with Gasteiger partial charge in [0.15, 0.2) is 0 Å². The number of carbonyl (C=O) groups excluding carboxylic acids is 2. The number of carbonyl (C=O) groups is 2. The van der Waals surface area contributed by atoms with E-state index in [0.29, 0.717) is 19.4 Å². The number of ether oxygens (including phenoxy) is 1. The van der Waals surface area contributed by atoms with Gasteiger partial charge < -0.3 is 20.3 Å². The lowest BCUT2D eigenvalue weighted by Gasteiger charge is -2.20. The van der Waals surface area contributed by atoms with Crippen molar-refractivity contribution in [3.63, 3.8) is 0 Å². The molecule has 0 radical (unpaired) electrons. The number of nitrogens with one attached hydrogen (secondary N) is 1. The smallest absolute Gasteiger partial charge is 0.305 e. The largest absolute Gasteiger partial charge is 0.466 e. The highest BCUT2D eigenvalue weighted by Crippen LogP contribution is 2.17. The van der Waals surface area contributed by atoms with Crippen LogP contribution in [0.25, 0.3) is 0 Å². The summed E-state index contributed by atoms with van der Waals surface area (Å²) in [6, 6.07) is -0.624. The van der Waals surface area contributed by atoms with Gasteiger partial charge in [-0.3, -0.25) is 9.59 Å². The van der Waals surface area contributed by atoms with E-state index in [1.165, 1.54) is 263 Å². The molecule has 1 amide bonds. The van der Waals surface area contributed by atoms with Crippen molar-refractivity contribution in [3.8, 4) is 0 Å². The van der Waals surface area contributed by atoms with Crippen LogP contribution in [-0.2, 0) is 14.3 Å². The van der Waals surface area contributed by atoms with Crippen LogP contribution in [0, 0.1) is 0 Å². The Morgan fingerprint density at radius 3 is 1.04 bits per heavy atom. The molecule has 0 aliphatic carbocycles. The molecule has 2 atom stereocenters. The fourth-order valence-electron chi connectivity index (χ4n) is 9.51. The van der Waals surface area contributed by atoms with Gasteiger partial charge in [-0.25, -0.2) is 0 Å². The SMILES string of the molecule is CCCCCCCCC/C=C\CCCCCCCCCC(=O)OCCCCCCCCCCCCCCCCCCCCCCCCCCC(=O)NC(CO)C(O)/C=C/CCCCCCCCC. The second-order valence-electron chi connectivity index (χ2n) is 21.0. The number of hydrogen-bond donors (Lipinski definition) is 3. The van der Waals surface area contributed by atoms with Crippen LogP contribution in [0.4, 0.5) is 0 Å². The molecule has 0 spiro atoms. The molecule has 0 aliphatic rings. The predicted octanol–water partition coefficient (Wildman–Crippen LogP) is 19.0. The molecular formula is C62H119NO5. The van der Waals surface area contributed by atoms with E-state index in [1.54, 1.807) is 6.08 Å². The zero-order valence-corrected chi connectivity index (χ0v) is 45.9. The molecule has 6 nitrogen and oxygen atoms in total. The van der Waals surface area contributed by atoms with Crippen molar-refractivity contribution in [1.29, 1.82) is 0 Å². The average Bonchev–Trinajstić information content (AvgIpc) is 3.34. The molecule has 0 saturated carbocycles. The highest BCUT2D eigenvalue weighted by atomic mass is 16.5. The fourth-order valence-corrected chi connectivity index (χ4v) is 9.51. The summed E-state index contributed by atoms with van der Waals surface area (Å²) >= 11 is 0. The summed E-state index contributed by atoms with van der Waals surface area (Å²) in [5.74, 6) is -0.0566. The number of unbranched alkanes of at least 4 members (excludes halogenated alkanes) is 44. The van der Waals surface area contributed by atoms with E-state index in [-0.39, 0.29) is 18.5 Å². The maximum Gasteiger partial charge on any atom is 0.305 e. The van der Waals surface area contributed by atoms with Gasteiger partial charge >= 0.3 is 5.97 Å². The third kappa shape index (κ3) is 53.7. The van der Waals surface area contributed by atoms with Gasteiger partial charge in [-0.05, 0) is 57.8 Å². The van der Waals surface area contributed by atoms with E-state index in [1.807, 2.05) is 6.08 Å². The van der Waals surface area contributed by atoms with Crippen LogP contribution in [0.5, 0.6) is 0 Å². The lowest BCUT2D eigenvalue weighted by molar-refractivity contribution is -0.143. The van der Waals surface area contributed by atoms with E-state index < -0.39 is 12.1 Å². The van der Waals surface area contributed by atoms with Gasteiger partial charge in [0.05, 0.1) is 25.4 Å². The summed E-state index contributed by atoms with van der Waals surface area (Å²) in [5.41, 5.74) is 0. The Hall–Kier alpha value is -1.66. The Labute approximate surface area is 424 Å². The van der Waals surface area contributed by atoms with Crippen molar-refractivity contribution in [2.75, 3.05) is 13.2 Å². The maximum absolute atomic E-state index is 12.4. The van der Waals surface area contributed by atoms with Gasteiger partial charge in [0.25, 0.3) is 0 Å². The predicted molar refractivity (Wildman–Crippen MR) is 296 cm³/mol. The van der Waals surface area contributed by atoms with Crippen LogP contribution in [0.1, 0.15) is 335 Å². The Balaban J connectivity index is 3.33. The third-order valence-electron chi connectivity index (χ3n) is 14.2. The number of aliphatic hydroxyl groups is 2. The summed E-state index contributed by atoms with van der Waals surface area (Å²) in [6.07, 6.45) is 70.9. The highest BCUT2D eigenvalue weighted by Gasteiger charge is 2.18. The first kappa shape index (κ1) is 66.3. The lowest BCUT2D eigenvalue weighted by atomic mass is 10.0. The Bertz CT molecular complexity index is 1060. The zero-order valence-electron chi connectivity index (χ0n) is 45.9. The van der Waals surface area contributed by atoms with Crippen molar-refractivity contribution in [3.05, 3.63) is 24.3 Å². The van der Waals surface area contributed by atoms with E-state index >= 15 is 0 Å². The normalized spacial score (nSPS) is 12.7. The number of esters is 1. The summed E-state index contributed by atoms with van der Waals surface area (Å²) in [6.45, 7) is 4.89. The second kappa shape index (κ2) is 57.9. The summed E-state index contributed by atoms with van der Waals surface area (Å²) in [4.78, 5) is 24.5. The van der Waals surface area contributed by atoms with Crippen molar-refractivity contribution >= 4 is 11.9 Å². The molecule has 0 aromatic carbocycles. The van der Waals surface area contributed by atoms with Gasteiger partial charge in [-0.15, -0.1) is 0 Å². The maximum atomic E-state index is 12.4. The zero-order chi connectivity index (χ0) is 49.3. The van der Waals surface area contributed by atoms with Crippen molar-refractivity contribution < 1.29 is 24.5 Å². The van der Waals surface area contributed by atoms with Crippen LogP contribution in [-0.4, -0.2) is 47.4 Å². The topological polar surface area (TPSA) is 95.9 Å². The summed E-state index contributed by atoms with van der Waals surface area (Å²) in [7, 11) is 0. The molecule has 0 saturated heterocycles. The van der Waals surface area contributed by atoms with E-state index in [9.17, 15) is 19.8 Å². The van der Waals surface area contributed by atoms with Gasteiger partial charge in [0.2, 0.25) is 5.91 Å². The summed E-state index contributed by atoms with van der Waals surface area (Å²) < 4.78 is 5.50. The van der Waals surface area contributed by atoms with E-state index in [4.69, 9.17) is 4.74 Å². The number of allylic oxidation sites excluding steroid dienone is 3. The fraction of sp³-hybridized carbons (Fsp3) is 0.903. The third-order valence-corrected chi connectivity index (χ3v) is 14.2. The molecule has 0 heterocycles. The van der Waals surface area contributed by atoms with Crippen LogP contribution < -0.4 is 5.32 Å². The summed E-state index contributed by atoms with van der Waals surface area (Å²) in [5, 5.41) is 22.9. The Kier molecular flexibility index (Phi) is 56.5. The van der Waals surface area contributed by atoms with E-state index in [0.717, 1.165) is 44.9 Å². The number of rotatable bonds is 57. The minimum absolute atomic E-state index is 0.0121. The number of amides is 1. The molecule has 0 aromatic rings.